The minimum Gasteiger partial charge on any atom is -1.00 e. The first-order valence-electron chi connectivity index (χ1n) is 8.67. The number of rotatable bonds is 14. The van der Waals surface area contributed by atoms with Crippen LogP contribution < -0.4 is 29.6 Å². The van der Waals surface area contributed by atoms with Crippen molar-refractivity contribution in [1.29, 1.82) is 0 Å². The summed E-state index contributed by atoms with van der Waals surface area (Å²) in [6.07, 6.45) is -16.7. The average molecular weight is 650 g/mol. The van der Waals surface area contributed by atoms with Crippen LogP contribution in [-0.4, -0.2) is 79.9 Å². The van der Waals surface area contributed by atoms with Gasteiger partial charge < -0.3 is 10.3 Å². The predicted octanol–water partition coefficient (Wildman–Crippen LogP) is 1.73. The Morgan fingerprint density at radius 3 is 1.44 bits per heavy atom. The van der Waals surface area contributed by atoms with E-state index in [1.54, 1.807) is 0 Å². The fourth-order valence-electron chi connectivity index (χ4n) is 2.13. The molecule has 0 saturated carbocycles. The van der Waals surface area contributed by atoms with E-state index in [4.69, 9.17) is 4.55 Å². The van der Waals surface area contributed by atoms with E-state index < -0.39 is 96.1 Å². The Hall–Kier alpha value is -1.27. The van der Waals surface area contributed by atoms with E-state index in [-0.39, 0.29) is 31.0 Å². The van der Waals surface area contributed by atoms with Crippen molar-refractivity contribution in [2.24, 2.45) is 5.92 Å². The van der Waals surface area contributed by atoms with Crippen molar-refractivity contribution in [2.75, 3.05) is 6.61 Å². The van der Waals surface area contributed by atoms with Crippen LogP contribution in [0.2, 0.25) is 0 Å². The SMILES string of the molecule is O=C(CC(CC(F)(F)C(F)(F)C(F)(F)C(F)F)C(=O)OS(=O)(=O)O)OCC(F)(F)C(F)(F)C(F)(F)C(F)F.[H-].[Na+]. The standard InChI is InChI=1S/C14H10F16O7S.Na.H/c15-7(16)11(23,24)13(27,28)9(19,20)2-4(6(32)37-38(33,34)35)1-5(31)36-3-10(21,22)14(29,30)12(25,26)8(17)18;;/h4,7-8H,1-3H2,(H,33,34,35);;/q;+1;-1. The van der Waals surface area contributed by atoms with E-state index in [2.05, 4.69) is 8.92 Å². The van der Waals surface area contributed by atoms with Gasteiger partial charge in [-0.2, -0.15) is 61.1 Å². The van der Waals surface area contributed by atoms with Gasteiger partial charge >= 0.3 is 100 Å². The molecule has 0 aromatic carbocycles. The third-order valence-corrected chi connectivity index (χ3v) is 4.53. The molecule has 0 aromatic rings. The number of halogens is 16. The summed E-state index contributed by atoms with van der Waals surface area (Å²) in [5.41, 5.74) is 0. The molecule has 0 aliphatic rings. The first-order chi connectivity index (χ1) is 16.5. The summed E-state index contributed by atoms with van der Waals surface area (Å²) >= 11 is 0. The second-order valence-electron chi connectivity index (χ2n) is 7.00. The molecule has 0 aliphatic heterocycles. The number of carbonyl (C=O) groups excluding carboxylic acids is 2. The monoisotopic (exact) mass is 650 g/mol. The summed E-state index contributed by atoms with van der Waals surface area (Å²) in [6, 6.07) is 0. The Morgan fingerprint density at radius 2 is 1.10 bits per heavy atom. The van der Waals surface area contributed by atoms with Crippen molar-refractivity contribution >= 4 is 22.3 Å². The summed E-state index contributed by atoms with van der Waals surface area (Å²) in [7, 11) is -6.09. The van der Waals surface area contributed by atoms with Crippen LogP contribution in [-0.2, 0) is 28.9 Å². The van der Waals surface area contributed by atoms with Gasteiger partial charge in [-0.1, -0.05) is 0 Å². The molecule has 0 amide bonds. The summed E-state index contributed by atoms with van der Waals surface area (Å²) in [6.45, 7) is -3.31. The number of carbonyl (C=O) groups is 2. The van der Waals surface area contributed by atoms with Gasteiger partial charge in [0.15, 0.2) is 6.61 Å². The van der Waals surface area contributed by atoms with Crippen molar-refractivity contribution in [3.63, 3.8) is 0 Å². The number of ether oxygens (including phenoxy) is 1. The van der Waals surface area contributed by atoms with E-state index in [1.807, 2.05) is 0 Å². The zero-order valence-electron chi connectivity index (χ0n) is 19.2. The van der Waals surface area contributed by atoms with E-state index in [0.717, 1.165) is 0 Å². The molecule has 0 aliphatic carbocycles. The van der Waals surface area contributed by atoms with Gasteiger partial charge in [-0.25, -0.2) is 17.6 Å². The maximum Gasteiger partial charge on any atom is 1.00 e. The molecule has 0 heterocycles. The molecule has 0 saturated heterocycles. The van der Waals surface area contributed by atoms with Crippen molar-refractivity contribution in [3.05, 3.63) is 0 Å². The molecular weight excluding hydrogens is 639 g/mol. The Labute approximate surface area is 228 Å². The van der Waals surface area contributed by atoms with Crippen LogP contribution in [0.25, 0.3) is 0 Å². The maximum absolute atomic E-state index is 13.8. The second kappa shape index (κ2) is 12.7. The molecule has 0 radical (unpaired) electrons. The first kappa shape index (κ1) is 39.9. The normalized spacial score (nSPS) is 15.2. The molecule has 1 unspecified atom stereocenters. The Kier molecular flexibility index (Phi) is 13.0. The van der Waals surface area contributed by atoms with Crippen LogP contribution in [0.4, 0.5) is 70.2 Å². The Balaban J connectivity index is -0.00000684. The van der Waals surface area contributed by atoms with Crippen molar-refractivity contribution in [2.45, 2.75) is 61.2 Å². The Bertz CT molecular complexity index is 979. The zero-order chi connectivity index (χ0) is 30.9. The maximum atomic E-state index is 13.8. The van der Waals surface area contributed by atoms with Gasteiger partial charge in [-0.3, -0.25) is 14.1 Å². The molecule has 25 heteroatoms. The minimum atomic E-state index is -7.11. The number of hydrogen-bond donors (Lipinski definition) is 1. The number of alkyl halides is 16. The molecule has 0 rings (SSSR count). The van der Waals surface area contributed by atoms with Crippen LogP contribution in [0.15, 0.2) is 0 Å². The predicted molar refractivity (Wildman–Crippen MR) is 84.1 cm³/mol. The quantitative estimate of drug-likeness (QED) is 0.132. The van der Waals surface area contributed by atoms with Gasteiger partial charge in [-0.15, -0.1) is 0 Å². The molecule has 1 N–H and O–H groups in total. The summed E-state index contributed by atoms with van der Waals surface area (Å²) in [5, 5.41) is 0. The van der Waals surface area contributed by atoms with Crippen LogP contribution in [0.1, 0.15) is 14.3 Å². The van der Waals surface area contributed by atoms with Crippen LogP contribution in [0, 0.1) is 5.92 Å². The molecule has 0 spiro atoms. The van der Waals surface area contributed by atoms with Crippen molar-refractivity contribution < 1.29 is 133 Å². The van der Waals surface area contributed by atoms with Gasteiger partial charge in [0.2, 0.25) is 0 Å². The summed E-state index contributed by atoms with van der Waals surface area (Å²) in [4.78, 5) is 23.0. The second-order valence-corrected chi connectivity index (χ2v) is 8.02. The first-order valence-corrected chi connectivity index (χ1v) is 10.0. The molecule has 0 aromatic heterocycles. The molecule has 0 bridgehead atoms. The zero-order valence-corrected chi connectivity index (χ0v) is 21.0. The van der Waals surface area contributed by atoms with Crippen LogP contribution >= 0.6 is 0 Å². The third kappa shape index (κ3) is 8.86. The fourth-order valence-corrected chi connectivity index (χ4v) is 2.48. The van der Waals surface area contributed by atoms with Crippen molar-refractivity contribution in [3.8, 4) is 0 Å². The molecule has 0 fully saturated rings. The smallest absolute Gasteiger partial charge is 1.00 e. The molecule has 39 heavy (non-hydrogen) atoms. The van der Waals surface area contributed by atoms with Crippen LogP contribution in [0.5, 0.6) is 0 Å². The molecule has 228 valence electrons. The number of esters is 1. The molecular formula is C14H11F16NaO7S. The summed E-state index contributed by atoms with van der Waals surface area (Å²) < 4.78 is 242. The van der Waals surface area contributed by atoms with Gasteiger partial charge in [0.05, 0.1) is 12.3 Å². The average Bonchev–Trinajstić information content (AvgIpc) is 2.69. The third-order valence-electron chi connectivity index (χ3n) is 4.16. The van der Waals surface area contributed by atoms with Gasteiger partial charge in [0.25, 0.3) is 0 Å². The molecule has 7 nitrogen and oxygen atoms in total. The van der Waals surface area contributed by atoms with Gasteiger partial charge in [-0.05, 0) is 0 Å². The summed E-state index contributed by atoms with van der Waals surface area (Å²) in [5.74, 6) is -50.0. The van der Waals surface area contributed by atoms with Crippen molar-refractivity contribution in [1.82, 2.24) is 0 Å². The van der Waals surface area contributed by atoms with E-state index in [9.17, 15) is 88.3 Å². The Morgan fingerprint density at radius 1 is 0.744 bits per heavy atom. The number of hydrogen-bond acceptors (Lipinski definition) is 6. The van der Waals surface area contributed by atoms with E-state index in [0.29, 0.717) is 0 Å². The largest absolute Gasteiger partial charge is 1.00 e. The topological polar surface area (TPSA) is 107 Å². The van der Waals surface area contributed by atoms with Gasteiger partial charge in [0, 0.05) is 6.42 Å². The van der Waals surface area contributed by atoms with E-state index in [1.165, 1.54) is 0 Å². The molecule has 1 atom stereocenters. The van der Waals surface area contributed by atoms with Gasteiger partial charge in [0.1, 0.15) is 0 Å². The minimum absolute atomic E-state index is 0. The van der Waals surface area contributed by atoms with E-state index >= 15 is 0 Å². The fraction of sp³-hybridized carbons (Fsp3) is 0.857. The van der Waals surface area contributed by atoms with Crippen LogP contribution in [0.3, 0.4) is 0 Å².